The Morgan fingerprint density at radius 2 is 1.68 bits per heavy atom. The molecule has 0 bridgehead atoms. The van der Waals surface area contributed by atoms with Gasteiger partial charge in [0.1, 0.15) is 18.0 Å². The van der Waals surface area contributed by atoms with Gasteiger partial charge in [0, 0.05) is 11.8 Å². The summed E-state index contributed by atoms with van der Waals surface area (Å²) in [6, 6.07) is 20.0. The molecule has 162 valence electrons. The second-order valence-corrected chi connectivity index (χ2v) is 8.64. The summed E-state index contributed by atoms with van der Waals surface area (Å²) >= 11 is 0. The molecule has 7 nitrogen and oxygen atoms in total. The van der Waals surface area contributed by atoms with Crippen LogP contribution in [-0.4, -0.2) is 35.1 Å². The Bertz CT molecular complexity index is 1160. The summed E-state index contributed by atoms with van der Waals surface area (Å²) in [7, 11) is -1.16. The lowest BCUT2D eigenvalue weighted by atomic mass is 10.2. The number of carbonyl (C=O) groups is 1. The molecule has 0 fully saturated rings. The monoisotopic (exact) mass is 440 g/mol. The molecule has 0 unspecified atom stereocenters. The highest BCUT2D eigenvalue weighted by Crippen LogP contribution is 2.35. The molecule has 0 aliphatic carbocycles. The predicted octanol–water partition coefficient (Wildman–Crippen LogP) is 3.85. The molecule has 31 heavy (non-hydrogen) atoms. The van der Waals surface area contributed by atoms with Crippen molar-refractivity contribution in [1.29, 1.82) is 0 Å². The summed E-state index contributed by atoms with van der Waals surface area (Å²) in [6.45, 7) is 1.46. The van der Waals surface area contributed by atoms with Crippen molar-refractivity contribution in [3.63, 3.8) is 0 Å². The predicted molar refractivity (Wildman–Crippen MR) is 120 cm³/mol. The van der Waals surface area contributed by atoms with Crippen molar-refractivity contribution in [3.8, 4) is 11.5 Å². The number of amides is 1. The minimum absolute atomic E-state index is 0.0585. The number of nitrogens with one attached hydrogen (secondary N) is 1. The van der Waals surface area contributed by atoms with Crippen molar-refractivity contribution in [1.82, 2.24) is 0 Å². The number of anilines is 2. The Morgan fingerprint density at radius 1 is 0.935 bits per heavy atom. The second kappa shape index (κ2) is 9.53. The molecule has 0 aliphatic rings. The Balaban J connectivity index is 2.04. The zero-order valence-electron chi connectivity index (χ0n) is 17.5. The van der Waals surface area contributed by atoms with Crippen LogP contribution in [0, 0.1) is 6.92 Å². The van der Waals surface area contributed by atoms with Gasteiger partial charge in [-0.2, -0.15) is 0 Å². The SMILES string of the molecule is COc1ccc(OC)c(N(CC(=O)Nc2cccc(C)c2)S(=O)(=O)c2ccccc2)c1. The van der Waals surface area contributed by atoms with Crippen molar-refractivity contribution in [2.24, 2.45) is 0 Å². The highest BCUT2D eigenvalue weighted by atomic mass is 32.2. The molecule has 0 spiro atoms. The number of methoxy groups -OCH3 is 2. The number of ether oxygens (including phenoxy) is 2. The van der Waals surface area contributed by atoms with E-state index in [0.29, 0.717) is 17.2 Å². The van der Waals surface area contributed by atoms with E-state index in [1.165, 1.54) is 32.4 Å². The molecule has 0 radical (unpaired) electrons. The summed E-state index contributed by atoms with van der Waals surface area (Å²) in [5, 5.41) is 2.76. The normalized spacial score (nSPS) is 10.9. The Labute approximate surface area is 182 Å². The van der Waals surface area contributed by atoms with Gasteiger partial charge in [-0.1, -0.05) is 30.3 Å². The Hall–Kier alpha value is -3.52. The van der Waals surface area contributed by atoms with E-state index in [4.69, 9.17) is 9.47 Å². The molecule has 1 N–H and O–H groups in total. The molecule has 3 rings (SSSR count). The second-order valence-electron chi connectivity index (χ2n) is 6.78. The molecule has 0 saturated heterocycles. The van der Waals surface area contributed by atoms with Gasteiger partial charge in [0.25, 0.3) is 10.0 Å². The molecular formula is C23H24N2O5S. The maximum absolute atomic E-state index is 13.5. The topological polar surface area (TPSA) is 84.9 Å². The lowest BCUT2D eigenvalue weighted by molar-refractivity contribution is -0.114. The van der Waals surface area contributed by atoms with Gasteiger partial charge in [-0.15, -0.1) is 0 Å². The van der Waals surface area contributed by atoms with Crippen molar-refractivity contribution in [2.45, 2.75) is 11.8 Å². The maximum atomic E-state index is 13.5. The molecule has 0 aliphatic heterocycles. The van der Waals surface area contributed by atoms with Crippen LogP contribution in [0.1, 0.15) is 5.56 Å². The molecule has 8 heteroatoms. The van der Waals surface area contributed by atoms with E-state index in [1.54, 1.807) is 42.5 Å². The summed E-state index contributed by atoms with van der Waals surface area (Å²) in [5.41, 5.74) is 1.76. The molecule has 1 amide bonds. The highest BCUT2D eigenvalue weighted by molar-refractivity contribution is 7.92. The van der Waals surface area contributed by atoms with Crippen LogP contribution in [0.5, 0.6) is 11.5 Å². The highest BCUT2D eigenvalue weighted by Gasteiger charge is 2.30. The fourth-order valence-corrected chi connectivity index (χ4v) is 4.51. The number of rotatable bonds is 8. The fraction of sp³-hybridized carbons (Fsp3) is 0.174. The van der Waals surface area contributed by atoms with Gasteiger partial charge in [-0.3, -0.25) is 9.10 Å². The van der Waals surface area contributed by atoms with Crippen LogP contribution >= 0.6 is 0 Å². The smallest absolute Gasteiger partial charge is 0.264 e. The van der Waals surface area contributed by atoms with Gasteiger partial charge in [0.15, 0.2) is 0 Å². The first-order chi connectivity index (χ1) is 14.8. The van der Waals surface area contributed by atoms with Crippen LogP contribution in [0.15, 0.2) is 77.7 Å². The van der Waals surface area contributed by atoms with Crippen LogP contribution in [0.2, 0.25) is 0 Å². The van der Waals surface area contributed by atoms with E-state index in [1.807, 2.05) is 19.1 Å². The van der Waals surface area contributed by atoms with E-state index in [0.717, 1.165) is 9.87 Å². The van der Waals surface area contributed by atoms with Gasteiger partial charge in [-0.05, 0) is 48.9 Å². The third-order valence-corrected chi connectivity index (χ3v) is 6.35. The quantitative estimate of drug-likeness (QED) is 0.575. The van der Waals surface area contributed by atoms with E-state index < -0.39 is 22.5 Å². The Kier molecular flexibility index (Phi) is 6.81. The van der Waals surface area contributed by atoms with Crippen molar-refractivity contribution in [2.75, 3.05) is 30.4 Å². The van der Waals surface area contributed by atoms with Crippen LogP contribution < -0.4 is 19.1 Å². The van der Waals surface area contributed by atoms with E-state index in [2.05, 4.69) is 5.32 Å². The first-order valence-corrected chi connectivity index (χ1v) is 11.0. The minimum Gasteiger partial charge on any atom is -0.497 e. The number of carbonyl (C=O) groups excluding carboxylic acids is 1. The molecule has 0 saturated carbocycles. The number of hydrogen-bond acceptors (Lipinski definition) is 5. The fourth-order valence-electron chi connectivity index (χ4n) is 3.06. The molecule has 3 aromatic carbocycles. The molecular weight excluding hydrogens is 416 g/mol. The molecule has 3 aromatic rings. The van der Waals surface area contributed by atoms with Gasteiger partial charge >= 0.3 is 0 Å². The van der Waals surface area contributed by atoms with Gasteiger partial charge in [0.2, 0.25) is 5.91 Å². The Morgan fingerprint density at radius 3 is 2.32 bits per heavy atom. The van der Waals surface area contributed by atoms with Crippen LogP contribution in [-0.2, 0) is 14.8 Å². The van der Waals surface area contributed by atoms with Crippen LogP contribution in [0.3, 0.4) is 0 Å². The largest absolute Gasteiger partial charge is 0.497 e. The zero-order chi connectivity index (χ0) is 22.4. The number of aryl methyl sites for hydroxylation is 1. The lowest BCUT2D eigenvalue weighted by Gasteiger charge is -2.26. The molecule has 0 heterocycles. The average molecular weight is 441 g/mol. The maximum Gasteiger partial charge on any atom is 0.264 e. The first-order valence-electron chi connectivity index (χ1n) is 9.51. The first kappa shape index (κ1) is 22.2. The van der Waals surface area contributed by atoms with E-state index >= 15 is 0 Å². The summed E-state index contributed by atoms with van der Waals surface area (Å²) in [5.74, 6) is 0.238. The summed E-state index contributed by atoms with van der Waals surface area (Å²) in [4.78, 5) is 12.9. The lowest BCUT2D eigenvalue weighted by Crippen LogP contribution is -2.38. The van der Waals surface area contributed by atoms with Gasteiger partial charge < -0.3 is 14.8 Å². The standard InChI is InChI=1S/C23H24N2O5S/c1-17-8-7-9-18(14-17)24-23(26)16-25(31(27,28)20-10-5-4-6-11-20)21-15-19(29-2)12-13-22(21)30-3/h4-15H,16H2,1-3H3,(H,24,26). The number of nitrogens with zero attached hydrogens (tertiary/aromatic N) is 1. The number of sulfonamides is 1. The van der Waals surface area contributed by atoms with Gasteiger partial charge in [0.05, 0.1) is 24.8 Å². The van der Waals surface area contributed by atoms with Crippen LogP contribution in [0.25, 0.3) is 0 Å². The van der Waals surface area contributed by atoms with E-state index in [-0.39, 0.29) is 10.6 Å². The van der Waals surface area contributed by atoms with Crippen molar-refractivity contribution < 1.29 is 22.7 Å². The van der Waals surface area contributed by atoms with Crippen molar-refractivity contribution in [3.05, 3.63) is 78.4 Å². The van der Waals surface area contributed by atoms with Crippen LogP contribution in [0.4, 0.5) is 11.4 Å². The van der Waals surface area contributed by atoms with E-state index in [9.17, 15) is 13.2 Å². The summed E-state index contributed by atoms with van der Waals surface area (Å²) < 4.78 is 38.6. The number of hydrogen-bond donors (Lipinski definition) is 1. The zero-order valence-corrected chi connectivity index (χ0v) is 18.3. The third kappa shape index (κ3) is 5.16. The van der Waals surface area contributed by atoms with Crippen molar-refractivity contribution >= 4 is 27.3 Å². The molecule has 0 aromatic heterocycles. The molecule has 0 atom stereocenters. The average Bonchev–Trinajstić information content (AvgIpc) is 2.77. The van der Waals surface area contributed by atoms with Gasteiger partial charge in [-0.25, -0.2) is 8.42 Å². The summed E-state index contributed by atoms with van der Waals surface area (Å²) in [6.07, 6.45) is 0. The number of benzene rings is 3. The minimum atomic E-state index is -4.07. The third-order valence-electron chi connectivity index (χ3n) is 4.57.